The predicted octanol–water partition coefficient (Wildman–Crippen LogP) is 1.81. The summed E-state index contributed by atoms with van der Waals surface area (Å²) in [5, 5.41) is 9.26. The SMILES string of the molecule is Cc1cc(N2CCCC2CN(C)C)cc(C(=O)O)c1N. The third-order valence-corrected chi connectivity index (χ3v) is 3.89. The van der Waals surface area contributed by atoms with Crippen LogP contribution < -0.4 is 10.6 Å². The second-order valence-electron chi connectivity index (χ2n) is 5.78. The normalized spacial score (nSPS) is 18.8. The molecule has 1 unspecified atom stereocenters. The molecule has 1 atom stereocenters. The molecule has 0 amide bonds. The lowest BCUT2D eigenvalue weighted by molar-refractivity contribution is 0.0698. The summed E-state index contributed by atoms with van der Waals surface area (Å²) in [6.07, 6.45) is 2.29. The molecule has 5 nitrogen and oxygen atoms in total. The van der Waals surface area contributed by atoms with Gasteiger partial charge in [-0.2, -0.15) is 0 Å². The van der Waals surface area contributed by atoms with E-state index in [-0.39, 0.29) is 5.56 Å². The van der Waals surface area contributed by atoms with E-state index in [2.05, 4.69) is 23.9 Å². The molecular weight excluding hydrogens is 254 g/mol. The number of nitrogens with two attached hydrogens (primary N) is 1. The van der Waals surface area contributed by atoms with E-state index < -0.39 is 5.97 Å². The zero-order chi connectivity index (χ0) is 14.9. The van der Waals surface area contributed by atoms with E-state index in [1.165, 1.54) is 0 Å². The van der Waals surface area contributed by atoms with Gasteiger partial charge in [-0.3, -0.25) is 0 Å². The lowest BCUT2D eigenvalue weighted by Crippen LogP contribution is -2.37. The van der Waals surface area contributed by atoms with Crippen molar-refractivity contribution in [3.63, 3.8) is 0 Å². The molecule has 0 radical (unpaired) electrons. The maximum absolute atomic E-state index is 11.3. The van der Waals surface area contributed by atoms with Gasteiger partial charge in [0, 0.05) is 30.5 Å². The number of likely N-dealkylation sites (N-methyl/N-ethyl adjacent to an activating group) is 1. The lowest BCUT2D eigenvalue weighted by atomic mass is 10.1. The summed E-state index contributed by atoms with van der Waals surface area (Å²) in [6.45, 7) is 3.81. The van der Waals surface area contributed by atoms with Crippen LogP contribution in [0.15, 0.2) is 12.1 Å². The predicted molar refractivity (Wildman–Crippen MR) is 81.5 cm³/mol. The maximum atomic E-state index is 11.3. The molecule has 1 fully saturated rings. The Balaban J connectivity index is 2.34. The summed E-state index contributed by atoms with van der Waals surface area (Å²) in [5.74, 6) is -0.962. The van der Waals surface area contributed by atoms with E-state index in [9.17, 15) is 9.90 Å². The molecule has 1 saturated heterocycles. The lowest BCUT2D eigenvalue weighted by Gasteiger charge is -2.29. The van der Waals surface area contributed by atoms with Gasteiger partial charge in [0.15, 0.2) is 0 Å². The Labute approximate surface area is 120 Å². The highest BCUT2D eigenvalue weighted by Crippen LogP contribution is 2.30. The van der Waals surface area contributed by atoms with E-state index in [4.69, 9.17) is 5.73 Å². The molecule has 2 rings (SSSR count). The highest BCUT2D eigenvalue weighted by atomic mass is 16.4. The number of nitrogens with zero attached hydrogens (tertiary/aromatic N) is 2. The summed E-state index contributed by atoms with van der Waals surface area (Å²) >= 11 is 0. The summed E-state index contributed by atoms with van der Waals surface area (Å²) in [7, 11) is 4.13. The Morgan fingerprint density at radius 2 is 2.20 bits per heavy atom. The van der Waals surface area contributed by atoms with Gasteiger partial charge in [-0.05, 0) is 51.6 Å². The summed E-state index contributed by atoms with van der Waals surface area (Å²) in [5.41, 5.74) is 8.23. The second kappa shape index (κ2) is 5.71. The molecule has 0 saturated carbocycles. The number of anilines is 2. The molecule has 1 aliphatic heterocycles. The largest absolute Gasteiger partial charge is 0.478 e. The fraction of sp³-hybridized carbons (Fsp3) is 0.533. The van der Waals surface area contributed by atoms with Crippen LogP contribution in [0, 0.1) is 6.92 Å². The highest BCUT2D eigenvalue weighted by Gasteiger charge is 2.26. The zero-order valence-electron chi connectivity index (χ0n) is 12.4. The number of carboxylic acids is 1. The smallest absolute Gasteiger partial charge is 0.337 e. The third kappa shape index (κ3) is 2.88. The quantitative estimate of drug-likeness (QED) is 0.821. The van der Waals surface area contributed by atoms with Gasteiger partial charge in [-0.1, -0.05) is 0 Å². The number of benzene rings is 1. The van der Waals surface area contributed by atoms with Crippen molar-refractivity contribution >= 4 is 17.3 Å². The Bertz CT molecular complexity index is 514. The number of nitrogen functional groups attached to an aromatic ring is 1. The molecule has 0 aromatic heterocycles. The molecule has 1 aromatic rings. The number of aryl methyl sites for hydroxylation is 1. The first kappa shape index (κ1) is 14.7. The van der Waals surface area contributed by atoms with Gasteiger partial charge in [0.25, 0.3) is 0 Å². The average molecular weight is 277 g/mol. The first-order chi connectivity index (χ1) is 9.40. The van der Waals surface area contributed by atoms with Gasteiger partial charge in [0.1, 0.15) is 0 Å². The van der Waals surface area contributed by atoms with Gasteiger partial charge in [-0.15, -0.1) is 0 Å². The molecule has 0 bridgehead atoms. The molecule has 110 valence electrons. The van der Waals surface area contributed by atoms with Crippen molar-refractivity contribution in [2.24, 2.45) is 0 Å². The van der Waals surface area contributed by atoms with Crippen molar-refractivity contribution in [2.45, 2.75) is 25.8 Å². The van der Waals surface area contributed by atoms with E-state index in [0.717, 1.165) is 37.2 Å². The first-order valence-electron chi connectivity index (χ1n) is 6.95. The van der Waals surface area contributed by atoms with E-state index in [1.807, 2.05) is 13.0 Å². The Hall–Kier alpha value is -1.75. The minimum absolute atomic E-state index is 0.204. The Morgan fingerprint density at radius 3 is 2.80 bits per heavy atom. The first-order valence-corrected chi connectivity index (χ1v) is 6.95. The number of hydrogen-bond donors (Lipinski definition) is 2. The molecule has 5 heteroatoms. The minimum atomic E-state index is -0.962. The fourth-order valence-corrected chi connectivity index (χ4v) is 2.91. The number of carbonyl (C=O) groups is 1. The number of carboxylic acid groups (broad SMARTS) is 1. The third-order valence-electron chi connectivity index (χ3n) is 3.89. The average Bonchev–Trinajstić information content (AvgIpc) is 2.79. The van der Waals surface area contributed by atoms with Crippen LogP contribution in [0.25, 0.3) is 0 Å². The van der Waals surface area contributed by atoms with E-state index >= 15 is 0 Å². The molecule has 20 heavy (non-hydrogen) atoms. The van der Waals surface area contributed by atoms with Crippen LogP contribution >= 0.6 is 0 Å². The van der Waals surface area contributed by atoms with Crippen molar-refractivity contribution in [1.82, 2.24) is 4.90 Å². The van der Waals surface area contributed by atoms with Crippen LogP contribution in [0.1, 0.15) is 28.8 Å². The Morgan fingerprint density at radius 1 is 1.50 bits per heavy atom. The topological polar surface area (TPSA) is 69.8 Å². The van der Waals surface area contributed by atoms with Crippen molar-refractivity contribution < 1.29 is 9.90 Å². The molecule has 3 N–H and O–H groups in total. The van der Waals surface area contributed by atoms with Crippen LogP contribution in [0.3, 0.4) is 0 Å². The van der Waals surface area contributed by atoms with Gasteiger partial charge < -0.3 is 20.6 Å². The highest BCUT2D eigenvalue weighted by molar-refractivity contribution is 5.95. The number of hydrogen-bond acceptors (Lipinski definition) is 4. The zero-order valence-corrected chi connectivity index (χ0v) is 12.4. The monoisotopic (exact) mass is 277 g/mol. The Kier molecular flexibility index (Phi) is 4.18. The molecule has 1 aromatic carbocycles. The summed E-state index contributed by atoms with van der Waals surface area (Å²) in [4.78, 5) is 15.8. The number of aromatic carboxylic acids is 1. The summed E-state index contributed by atoms with van der Waals surface area (Å²) < 4.78 is 0. The van der Waals surface area contributed by atoms with E-state index in [0.29, 0.717) is 11.7 Å². The van der Waals surface area contributed by atoms with Gasteiger partial charge in [0.05, 0.1) is 5.56 Å². The van der Waals surface area contributed by atoms with Gasteiger partial charge in [-0.25, -0.2) is 4.79 Å². The minimum Gasteiger partial charge on any atom is -0.478 e. The molecule has 0 aliphatic carbocycles. The fourth-order valence-electron chi connectivity index (χ4n) is 2.91. The van der Waals surface area contributed by atoms with Crippen molar-refractivity contribution in [1.29, 1.82) is 0 Å². The maximum Gasteiger partial charge on any atom is 0.337 e. The molecule has 1 heterocycles. The van der Waals surface area contributed by atoms with Gasteiger partial charge >= 0.3 is 5.97 Å². The summed E-state index contributed by atoms with van der Waals surface area (Å²) in [6, 6.07) is 4.14. The van der Waals surface area contributed by atoms with Crippen molar-refractivity contribution in [2.75, 3.05) is 37.8 Å². The molecule has 1 aliphatic rings. The van der Waals surface area contributed by atoms with Crippen molar-refractivity contribution in [3.8, 4) is 0 Å². The standard InChI is InChI=1S/C15H23N3O2/c1-10-7-12(8-13(14(10)16)15(19)20)18-6-4-5-11(18)9-17(2)3/h7-8,11H,4-6,9,16H2,1-3H3,(H,19,20). The molecule has 0 spiro atoms. The molecular formula is C15H23N3O2. The van der Waals surface area contributed by atoms with Crippen LogP contribution in [-0.4, -0.2) is 49.2 Å². The second-order valence-corrected chi connectivity index (χ2v) is 5.78. The van der Waals surface area contributed by atoms with Gasteiger partial charge in [0.2, 0.25) is 0 Å². The van der Waals surface area contributed by atoms with Crippen LogP contribution in [0.4, 0.5) is 11.4 Å². The van der Waals surface area contributed by atoms with Crippen LogP contribution in [0.5, 0.6) is 0 Å². The van der Waals surface area contributed by atoms with E-state index in [1.54, 1.807) is 6.07 Å². The van der Waals surface area contributed by atoms with Crippen LogP contribution in [-0.2, 0) is 0 Å². The number of rotatable bonds is 4. The van der Waals surface area contributed by atoms with Crippen LogP contribution in [0.2, 0.25) is 0 Å². The van der Waals surface area contributed by atoms with Crippen molar-refractivity contribution in [3.05, 3.63) is 23.3 Å².